The molecule has 1 amide bonds. The van der Waals surface area contributed by atoms with Gasteiger partial charge in [0, 0.05) is 5.38 Å². The van der Waals surface area contributed by atoms with Crippen molar-refractivity contribution < 1.29 is 19.7 Å². The monoisotopic (exact) mass is 259 g/mol. The second-order valence-electron chi connectivity index (χ2n) is 3.78. The molecule has 8 heteroatoms. The third kappa shape index (κ3) is 2.17. The van der Waals surface area contributed by atoms with Crippen LogP contribution in [-0.2, 0) is 4.74 Å². The topological polar surface area (TPSA) is 132 Å². The minimum Gasteiger partial charge on any atom is -0.394 e. The van der Waals surface area contributed by atoms with Gasteiger partial charge in [-0.05, 0) is 0 Å². The molecule has 1 aliphatic rings. The van der Waals surface area contributed by atoms with Gasteiger partial charge in [-0.15, -0.1) is 11.3 Å². The average molecular weight is 259 g/mol. The summed E-state index contributed by atoms with van der Waals surface area (Å²) in [7, 11) is 0. The summed E-state index contributed by atoms with van der Waals surface area (Å²) in [5.74, 6) is -0.636. The van der Waals surface area contributed by atoms with Crippen LogP contribution in [0.1, 0.15) is 21.6 Å². The van der Waals surface area contributed by atoms with Gasteiger partial charge in [0.1, 0.15) is 22.9 Å². The summed E-state index contributed by atoms with van der Waals surface area (Å²) in [6, 6.07) is -0.675. The van der Waals surface area contributed by atoms with Gasteiger partial charge < -0.3 is 26.4 Å². The first-order valence-corrected chi connectivity index (χ1v) is 5.87. The number of aliphatic hydroxyl groups is 2. The minimum absolute atomic E-state index is 0.127. The van der Waals surface area contributed by atoms with Gasteiger partial charge in [0.25, 0.3) is 5.91 Å². The van der Waals surface area contributed by atoms with Crippen LogP contribution in [0.15, 0.2) is 5.38 Å². The summed E-state index contributed by atoms with van der Waals surface area (Å²) in [6.07, 6.45) is -2.31. The number of nitrogens with zero attached hydrogens (tertiary/aromatic N) is 1. The number of hydrogen-bond donors (Lipinski definition) is 4. The van der Waals surface area contributed by atoms with Crippen molar-refractivity contribution >= 4 is 17.2 Å². The molecular formula is C9H13N3O4S. The molecule has 17 heavy (non-hydrogen) atoms. The lowest BCUT2D eigenvalue weighted by Crippen LogP contribution is -2.40. The third-order valence-electron chi connectivity index (χ3n) is 2.65. The molecule has 2 heterocycles. The highest BCUT2D eigenvalue weighted by atomic mass is 32.1. The molecule has 4 atom stereocenters. The summed E-state index contributed by atoms with van der Waals surface area (Å²) >= 11 is 1.16. The standard InChI is InChI=1S/C9H13N3O4S/c10-5-4(1-13)16-7(6(5)14)9-12-3(2-17-9)8(11)15/h2,4-7,13-14H,1,10H2,(H2,11,15)/t4-,5-,6-,7-/m1/s1. The molecule has 94 valence electrons. The number of hydrogen-bond acceptors (Lipinski definition) is 7. The third-order valence-corrected chi connectivity index (χ3v) is 3.56. The van der Waals surface area contributed by atoms with Gasteiger partial charge in [0.05, 0.1) is 18.8 Å². The zero-order valence-corrected chi connectivity index (χ0v) is 9.63. The fraction of sp³-hybridized carbons (Fsp3) is 0.556. The summed E-state index contributed by atoms with van der Waals surface area (Å²) in [4.78, 5) is 14.9. The Labute approximate surface area is 101 Å². The molecule has 0 saturated carbocycles. The number of amides is 1. The number of aliphatic hydroxyl groups excluding tert-OH is 2. The summed E-state index contributed by atoms with van der Waals surface area (Å²) < 4.78 is 5.39. The number of rotatable bonds is 3. The molecule has 7 nitrogen and oxygen atoms in total. The van der Waals surface area contributed by atoms with Crippen LogP contribution in [-0.4, -0.2) is 46.0 Å². The number of carbonyl (C=O) groups excluding carboxylic acids is 1. The number of thiazole rings is 1. The van der Waals surface area contributed by atoms with E-state index in [1.54, 1.807) is 0 Å². The molecule has 1 aromatic heterocycles. The highest BCUT2D eigenvalue weighted by Crippen LogP contribution is 2.34. The van der Waals surface area contributed by atoms with Crippen molar-refractivity contribution in [2.24, 2.45) is 11.5 Å². The molecule has 1 aliphatic heterocycles. The Bertz CT molecular complexity index is 424. The van der Waals surface area contributed by atoms with E-state index >= 15 is 0 Å². The quantitative estimate of drug-likeness (QED) is 0.515. The molecule has 1 fully saturated rings. The Hall–Kier alpha value is -1.06. The Kier molecular flexibility index (Phi) is 3.40. The Balaban J connectivity index is 2.19. The maximum Gasteiger partial charge on any atom is 0.268 e. The lowest BCUT2D eigenvalue weighted by molar-refractivity contribution is -0.0114. The Morgan fingerprint density at radius 2 is 2.35 bits per heavy atom. The van der Waals surface area contributed by atoms with Crippen molar-refractivity contribution in [3.05, 3.63) is 16.1 Å². The van der Waals surface area contributed by atoms with Crippen molar-refractivity contribution in [3.8, 4) is 0 Å². The SMILES string of the molecule is NC(=O)c1csc([C@@H]2O[C@H](CO)[C@@H](N)[C@H]2O)n1. The second-order valence-corrected chi connectivity index (χ2v) is 4.67. The number of carbonyl (C=O) groups is 1. The maximum absolute atomic E-state index is 10.9. The highest BCUT2D eigenvalue weighted by Gasteiger charge is 2.43. The molecule has 6 N–H and O–H groups in total. The lowest BCUT2D eigenvalue weighted by Gasteiger charge is -2.12. The van der Waals surface area contributed by atoms with E-state index in [1.807, 2.05) is 0 Å². The van der Waals surface area contributed by atoms with Crippen LogP contribution >= 0.6 is 11.3 Å². The first kappa shape index (κ1) is 12.4. The van der Waals surface area contributed by atoms with Gasteiger partial charge in [0.15, 0.2) is 0 Å². The average Bonchev–Trinajstić information content (AvgIpc) is 2.87. The van der Waals surface area contributed by atoms with E-state index < -0.39 is 30.3 Å². The predicted octanol–water partition coefficient (Wildman–Crippen LogP) is -1.64. The number of nitrogens with two attached hydrogens (primary N) is 2. The molecule has 0 bridgehead atoms. The smallest absolute Gasteiger partial charge is 0.268 e. The number of aromatic nitrogens is 1. The molecule has 1 saturated heterocycles. The largest absolute Gasteiger partial charge is 0.394 e. The van der Waals surface area contributed by atoms with Crippen LogP contribution in [0.25, 0.3) is 0 Å². The second kappa shape index (κ2) is 4.67. The van der Waals surface area contributed by atoms with Gasteiger partial charge in [0.2, 0.25) is 0 Å². The summed E-state index contributed by atoms with van der Waals surface area (Å²) in [6.45, 7) is -0.275. The van der Waals surface area contributed by atoms with Gasteiger partial charge in [-0.1, -0.05) is 0 Å². The summed E-state index contributed by atoms with van der Waals surface area (Å²) in [5, 5.41) is 20.8. The van der Waals surface area contributed by atoms with Crippen LogP contribution < -0.4 is 11.5 Å². The fourth-order valence-corrected chi connectivity index (χ4v) is 2.56. The molecule has 0 unspecified atom stereocenters. The van der Waals surface area contributed by atoms with Crippen LogP contribution in [0.4, 0.5) is 0 Å². The molecule has 1 aromatic rings. The maximum atomic E-state index is 10.9. The fourth-order valence-electron chi connectivity index (χ4n) is 1.68. The predicted molar refractivity (Wildman–Crippen MR) is 59.3 cm³/mol. The zero-order chi connectivity index (χ0) is 12.6. The van der Waals surface area contributed by atoms with Gasteiger partial charge in [-0.3, -0.25) is 4.79 Å². The summed E-state index contributed by atoms with van der Waals surface area (Å²) in [5.41, 5.74) is 10.9. The van der Waals surface area contributed by atoms with E-state index in [9.17, 15) is 9.90 Å². The lowest BCUT2D eigenvalue weighted by atomic mass is 10.1. The van der Waals surface area contributed by atoms with E-state index in [0.717, 1.165) is 11.3 Å². The van der Waals surface area contributed by atoms with E-state index in [4.69, 9.17) is 21.3 Å². The first-order valence-electron chi connectivity index (χ1n) is 4.99. The van der Waals surface area contributed by atoms with Crippen LogP contribution in [0.5, 0.6) is 0 Å². The van der Waals surface area contributed by atoms with E-state index in [-0.39, 0.29) is 12.3 Å². The molecular weight excluding hydrogens is 246 g/mol. The normalized spacial score (nSPS) is 32.9. The van der Waals surface area contributed by atoms with Gasteiger partial charge in [-0.25, -0.2) is 4.98 Å². The molecule has 0 aromatic carbocycles. The van der Waals surface area contributed by atoms with Crippen molar-refractivity contribution in [2.75, 3.05) is 6.61 Å². The van der Waals surface area contributed by atoms with Crippen molar-refractivity contribution in [3.63, 3.8) is 0 Å². The Morgan fingerprint density at radius 3 is 2.82 bits per heavy atom. The Morgan fingerprint density at radius 1 is 1.65 bits per heavy atom. The minimum atomic E-state index is -0.959. The molecule has 0 aliphatic carbocycles. The van der Waals surface area contributed by atoms with E-state index in [0.29, 0.717) is 5.01 Å². The number of ether oxygens (including phenoxy) is 1. The zero-order valence-electron chi connectivity index (χ0n) is 8.81. The van der Waals surface area contributed by atoms with Crippen molar-refractivity contribution in [2.45, 2.75) is 24.4 Å². The van der Waals surface area contributed by atoms with E-state index in [1.165, 1.54) is 5.38 Å². The first-order chi connectivity index (χ1) is 8.04. The molecule has 0 spiro atoms. The van der Waals surface area contributed by atoms with Crippen LogP contribution in [0.2, 0.25) is 0 Å². The van der Waals surface area contributed by atoms with Crippen molar-refractivity contribution in [1.82, 2.24) is 4.98 Å². The van der Waals surface area contributed by atoms with E-state index in [2.05, 4.69) is 4.98 Å². The van der Waals surface area contributed by atoms with Crippen LogP contribution in [0.3, 0.4) is 0 Å². The number of primary amides is 1. The van der Waals surface area contributed by atoms with Crippen LogP contribution in [0, 0.1) is 0 Å². The van der Waals surface area contributed by atoms with Gasteiger partial charge in [-0.2, -0.15) is 0 Å². The van der Waals surface area contributed by atoms with Gasteiger partial charge >= 0.3 is 0 Å². The molecule has 2 rings (SSSR count). The highest BCUT2D eigenvalue weighted by molar-refractivity contribution is 7.09. The molecule has 0 radical (unpaired) electrons. The van der Waals surface area contributed by atoms with Crippen molar-refractivity contribution in [1.29, 1.82) is 0 Å².